The smallest absolute Gasteiger partial charge is 0.325 e. The van der Waals surface area contributed by atoms with Gasteiger partial charge >= 0.3 is 24.0 Å². The maximum Gasteiger partial charge on any atom is 0.325 e. The van der Waals surface area contributed by atoms with Gasteiger partial charge in [0.25, 0.3) is 0 Å². The molecule has 6 amide bonds. The Balaban J connectivity index is 0.000000286. The summed E-state index contributed by atoms with van der Waals surface area (Å²) in [6.45, 7) is 1.29. The van der Waals surface area contributed by atoms with E-state index >= 15 is 0 Å². The largest absolute Gasteiger partial charge is 0.468 e. The number of imide groups is 2. The third-order valence-corrected chi connectivity index (χ3v) is 10.7. The molecule has 0 aliphatic heterocycles. The lowest BCUT2D eigenvalue weighted by molar-refractivity contribution is -0.142. The molecule has 2 saturated carbocycles. The zero-order valence-corrected chi connectivity index (χ0v) is 32.8. The predicted molar refractivity (Wildman–Crippen MR) is 203 cm³/mol. The minimum Gasteiger partial charge on any atom is -0.468 e. The topological polar surface area (TPSA) is 169 Å². The lowest BCUT2D eigenvalue weighted by Crippen LogP contribution is -2.44. The first-order chi connectivity index (χ1) is 25.3. The van der Waals surface area contributed by atoms with Crippen LogP contribution in [0.1, 0.15) is 94.1 Å². The van der Waals surface area contributed by atoms with Gasteiger partial charge in [-0.1, -0.05) is 110 Å². The maximum atomic E-state index is 12.7. The number of rotatable bonds is 13. The van der Waals surface area contributed by atoms with Crippen molar-refractivity contribution < 1.29 is 38.2 Å². The van der Waals surface area contributed by atoms with Crippen molar-refractivity contribution in [2.75, 3.05) is 26.8 Å². The van der Waals surface area contributed by atoms with Crippen molar-refractivity contribution in [3.05, 3.63) is 67.6 Å². The van der Waals surface area contributed by atoms with Crippen molar-refractivity contribution in [2.24, 2.45) is 11.8 Å². The molecule has 0 saturated heterocycles. The zero-order chi connectivity index (χ0) is 38.9. The maximum absolute atomic E-state index is 12.7. The molecule has 53 heavy (non-hydrogen) atoms. The van der Waals surface area contributed by atoms with Crippen LogP contribution in [0.3, 0.4) is 0 Å². The summed E-state index contributed by atoms with van der Waals surface area (Å²) in [4.78, 5) is 71.7. The highest BCUT2D eigenvalue weighted by atomic mass is 35.5. The first-order valence-corrected chi connectivity index (χ1v) is 19.1. The van der Waals surface area contributed by atoms with Gasteiger partial charge in [-0.15, -0.1) is 0 Å². The van der Waals surface area contributed by atoms with Gasteiger partial charge in [-0.05, 0) is 67.0 Å². The SMILES string of the molecule is CCOC(=O)CNC(=O)NC(=O)C(CC1CCCC1)c1ccc(Cl)c(Cl)c1.COC(=O)CNC(=O)NC(=O)C(CC1CCCC1)c1ccc(Cl)c(Cl)c1. The summed E-state index contributed by atoms with van der Waals surface area (Å²) in [6, 6.07) is 8.65. The molecule has 0 radical (unpaired) electrons. The fourth-order valence-electron chi connectivity index (χ4n) is 6.48. The normalized spacial score (nSPS) is 15.3. The van der Waals surface area contributed by atoms with E-state index in [1.165, 1.54) is 7.11 Å². The van der Waals surface area contributed by atoms with Gasteiger partial charge in [-0.2, -0.15) is 0 Å². The molecule has 0 heterocycles. The Morgan fingerprint density at radius 3 is 1.40 bits per heavy atom. The number of carbonyl (C=O) groups excluding carboxylic acids is 6. The predicted octanol–water partition coefficient (Wildman–Crippen LogP) is 7.70. The first-order valence-electron chi connectivity index (χ1n) is 17.6. The Morgan fingerprint density at radius 2 is 1.04 bits per heavy atom. The van der Waals surface area contributed by atoms with E-state index in [0.29, 0.717) is 55.9 Å². The number of ether oxygens (including phenoxy) is 2. The van der Waals surface area contributed by atoms with Crippen molar-refractivity contribution >= 4 is 82.2 Å². The minimum absolute atomic E-state index is 0.224. The summed E-state index contributed by atoms with van der Waals surface area (Å²) in [6.07, 6.45) is 10.2. The number of carbonyl (C=O) groups is 6. The third kappa shape index (κ3) is 15.0. The molecule has 2 aliphatic rings. The fraction of sp³-hybridized carbons (Fsp3) is 0.514. The monoisotopic (exact) mass is 814 g/mol. The van der Waals surface area contributed by atoms with Crippen LogP contribution in [-0.2, 0) is 28.7 Å². The van der Waals surface area contributed by atoms with Gasteiger partial charge in [0.05, 0.1) is 45.6 Å². The number of nitrogens with one attached hydrogen (secondary N) is 4. The van der Waals surface area contributed by atoms with E-state index in [0.717, 1.165) is 51.4 Å². The molecule has 290 valence electrons. The first kappa shape index (κ1) is 43.8. The minimum atomic E-state index is -0.739. The Morgan fingerprint density at radius 1 is 0.642 bits per heavy atom. The lowest BCUT2D eigenvalue weighted by atomic mass is 9.87. The van der Waals surface area contributed by atoms with Gasteiger partial charge in [0.2, 0.25) is 11.8 Å². The van der Waals surface area contributed by atoms with Crippen LogP contribution >= 0.6 is 46.4 Å². The number of benzene rings is 2. The summed E-state index contributed by atoms with van der Waals surface area (Å²) in [5, 5.41) is 10.8. The van der Waals surface area contributed by atoms with Crippen molar-refractivity contribution in [1.82, 2.24) is 21.3 Å². The number of amides is 6. The van der Waals surface area contributed by atoms with Crippen LogP contribution < -0.4 is 21.3 Å². The van der Waals surface area contributed by atoms with Crippen LogP contribution in [0.15, 0.2) is 36.4 Å². The summed E-state index contributed by atoms with van der Waals surface area (Å²) < 4.78 is 9.18. The summed E-state index contributed by atoms with van der Waals surface area (Å²) in [7, 11) is 1.22. The fourth-order valence-corrected chi connectivity index (χ4v) is 7.09. The van der Waals surface area contributed by atoms with Crippen LogP contribution in [0.2, 0.25) is 20.1 Å². The number of esters is 2. The standard InChI is InChI=1S/C19H24Cl2N2O4.C18H22Cl2N2O4/c1-2-27-17(24)11-22-19(26)23-18(25)14(9-12-5-3-4-6-12)13-7-8-15(20)16(21)10-13;1-26-16(23)10-21-18(25)22-17(24)13(8-11-4-2-3-5-11)12-6-7-14(19)15(20)9-12/h7-8,10,12,14H,2-6,9,11H2,1H3,(H2,22,23,25,26);6-7,9,11,13H,2-5,8,10H2,1H3,(H2,21,22,24,25). The molecule has 2 aliphatic carbocycles. The van der Waals surface area contributed by atoms with Crippen LogP contribution in [-0.4, -0.2) is 62.6 Å². The highest BCUT2D eigenvalue weighted by Crippen LogP contribution is 2.37. The second-order valence-electron chi connectivity index (χ2n) is 12.9. The lowest BCUT2D eigenvalue weighted by Gasteiger charge is -2.20. The molecular formula is C37H46Cl4N4O8. The molecule has 2 unspecified atom stereocenters. The van der Waals surface area contributed by atoms with E-state index in [9.17, 15) is 28.8 Å². The Hall–Kier alpha value is -3.58. The van der Waals surface area contributed by atoms with Crippen molar-refractivity contribution in [3.8, 4) is 0 Å². The molecule has 0 spiro atoms. The number of hydrogen-bond acceptors (Lipinski definition) is 8. The number of halogens is 4. The molecule has 2 aromatic rings. The average Bonchev–Trinajstić information content (AvgIpc) is 3.85. The van der Waals surface area contributed by atoms with Gasteiger partial charge < -0.3 is 20.1 Å². The van der Waals surface area contributed by atoms with Gasteiger partial charge in [0.15, 0.2) is 0 Å². The van der Waals surface area contributed by atoms with Crippen molar-refractivity contribution in [1.29, 1.82) is 0 Å². The molecule has 4 N–H and O–H groups in total. The van der Waals surface area contributed by atoms with E-state index < -0.39 is 47.7 Å². The van der Waals surface area contributed by atoms with Gasteiger partial charge in [0, 0.05) is 0 Å². The molecular weight excluding hydrogens is 770 g/mol. The highest BCUT2D eigenvalue weighted by molar-refractivity contribution is 6.42. The molecule has 0 aromatic heterocycles. The molecule has 2 atom stereocenters. The number of methoxy groups -OCH3 is 1. The molecule has 0 bridgehead atoms. The van der Waals surface area contributed by atoms with Crippen molar-refractivity contribution in [3.63, 3.8) is 0 Å². The second-order valence-corrected chi connectivity index (χ2v) is 14.6. The van der Waals surface area contributed by atoms with Crippen LogP contribution in [0, 0.1) is 11.8 Å². The van der Waals surface area contributed by atoms with Crippen LogP contribution in [0.5, 0.6) is 0 Å². The van der Waals surface area contributed by atoms with Crippen LogP contribution in [0.25, 0.3) is 0 Å². The van der Waals surface area contributed by atoms with E-state index in [1.54, 1.807) is 43.3 Å². The van der Waals surface area contributed by atoms with E-state index in [-0.39, 0.29) is 19.7 Å². The Bertz CT molecular complexity index is 1600. The molecule has 12 nitrogen and oxygen atoms in total. The third-order valence-electron chi connectivity index (χ3n) is 9.21. The van der Waals surface area contributed by atoms with Crippen molar-refractivity contribution in [2.45, 2.75) is 83.0 Å². The zero-order valence-electron chi connectivity index (χ0n) is 29.7. The highest BCUT2D eigenvalue weighted by Gasteiger charge is 2.30. The summed E-state index contributed by atoms with van der Waals surface area (Å²) >= 11 is 24.1. The molecule has 2 aromatic carbocycles. The van der Waals surface area contributed by atoms with E-state index in [2.05, 4.69) is 26.0 Å². The number of urea groups is 2. The van der Waals surface area contributed by atoms with Gasteiger partial charge in [0.1, 0.15) is 13.1 Å². The quantitative estimate of drug-likeness (QED) is 0.149. The summed E-state index contributed by atoms with van der Waals surface area (Å²) in [5.41, 5.74) is 1.43. The molecule has 16 heteroatoms. The second kappa shape index (κ2) is 22.6. The van der Waals surface area contributed by atoms with E-state index in [1.807, 2.05) is 0 Å². The van der Waals surface area contributed by atoms with Gasteiger partial charge in [-0.25, -0.2) is 9.59 Å². The molecule has 2 fully saturated rings. The van der Waals surface area contributed by atoms with Crippen LogP contribution in [0.4, 0.5) is 9.59 Å². The number of hydrogen-bond donors (Lipinski definition) is 4. The molecule has 4 rings (SSSR count). The van der Waals surface area contributed by atoms with E-state index in [4.69, 9.17) is 51.1 Å². The average molecular weight is 817 g/mol. The Kier molecular flexibility index (Phi) is 18.7. The summed E-state index contributed by atoms with van der Waals surface area (Å²) in [5.74, 6) is -2.20. The van der Waals surface area contributed by atoms with Gasteiger partial charge in [-0.3, -0.25) is 29.8 Å². The Labute approximate surface area is 329 Å².